The van der Waals surface area contributed by atoms with E-state index in [0.29, 0.717) is 11.3 Å². The van der Waals surface area contributed by atoms with Crippen LogP contribution in [0.15, 0.2) is 40.2 Å². The van der Waals surface area contributed by atoms with Crippen LogP contribution in [0.5, 0.6) is 0 Å². The van der Waals surface area contributed by atoms with Gasteiger partial charge in [-0.25, -0.2) is 0 Å². The number of rotatable bonds is 3. The molecule has 1 aliphatic heterocycles. The number of nitrogen functional groups attached to an aromatic ring is 1. The van der Waals surface area contributed by atoms with Crippen LogP contribution >= 0.6 is 52.1 Å². The molecule has 132 valence electrons. The number of thiophene rings is 1. The van der Waals surface area contributed by atoms with Crippen LogP contribution in [0.25, 0.3) is 0 Å². The molecule has 8 heteroatoms. The Morgan fingerprint density at radius 2 is 1.75 bits per heavy atom. The van der Waals surface area contributed by atoms with Crippen molar-refractivity contribution in [1.29, 1.82) is 0 Å². The Morgan fingerprint density at radius 3 is 2.33 bits per heavy atom. The van der Waals surface area contributed by atoms with Crippen molar-refractivity contribution in [3.05, 3.63) is 50.6 Å². The van der Waals surface area contributed by atoms with Gasteiger partial charge in [0.1, 0.15) is 0 Å². The van der Waals surface area contributed by atoms with Crippen LogP contribution in [0.4, 0.5) is 5.69 Å². The number of carbonyl (C=O) groups excluding carboxylic acids is 1. The van der Waals surface area contributed by atoms with E-state index in [0.717, 1.165) is 36.5 Å². The van der Waals surface area contributed by atoms with Crippen LogP contribution < -0.4 is 5.73 Å². The number of hydrogen-bond acceptors (Lipinski definition) is 4. The first-order chi connectivity index (χ1) is 10.6. The lowest BCUT2D eigenvalue weighted by Gasteiger charge is -2.34. The Morgan fingerprint density at radius 1 is 1.08 bits per heavy atom. The number of hydrogen-bond donors (Lipinski definition) is 1. The normalized spacial score (nSPS) is 14.6. The number of nitrogens with two attached hydrogens (primary N) is 1. The molecular formula is C16H20BrCl2N3OS. The lowest BCUT2D eigenvalue weighted by Crippen LogP contribution is -2.48. The molecule has 2 aromatic rings. The molecule has 1 amide bonds. The van der Waals surface area contributed by atoms with E-state index in [2.05, 4.69) is 33.0 Å². The van der Waals surface area contributed by atoms with Crippen molar-refractivity contribution >= 4 is 63.7 Å². The second-order valence-corrected chi connectivity index (χ2v) is 7.91. The third-order valence-electron chi connectivity index (χ3n) is 3.86. The highest BCUT2D eigenvalue weighted by molar-refractivity contribution is 9.11. The molecular weight excluding hydrogens is 433 g/mol. The van der Waals surface area contributed by atoms with Gasteiger partial charge < -0.3 is 10.6 Å². The molecule has 2 heterocycles. The third-order valence-corrected chi connectivity index (χ3v) is 5.47. The van der Waals surface area contributed by atoms with E-state index in [1.165, 1.54) is 4.88 Å². The van der Waals surface area contributed by atoms with Crippen molar-refractivity contribution in [3.8, 4) is 0 Å². The molecule has 1 saturated heterocycles. The van der Waals surface area contributed by atoms with E-state index in [1.54, 1.807) is 23.5 Å². The molecule has 3 rings (SSSR count). The Kier molecular flexibility index (Phi) is 8.53. The highest BCUT2D eigenvalue weighted by Crippen LogP contribution is 2.24. The summed E-state index contributed by atoms with van der Waals surface area (Å²) < 4.78 is 1.16. The first kappa shape index (κ1) is 21.3. The van der Waals surface area contributed by atoms with E-state index in [1.807, 2.05) is 17.0 Å². The maximum atomic E-state index is 12.5. The second-order valence-electron chi connectivity index (χ2n) is 5.36. The number of piperazine rings is 1. The van der Waals surface area contributed by atoms with Crippen LogP contribution in [0.2, 0.25) is 0 Å². The monoisotopic (exact) mass is 451 g/mol. The average molecular weight is 453 g/mol. The van der Waals surface area contributed by atoms with Gasteiger partial charge in [0, 0.05) is 43.3 Å². The molecule has 0 unspecified atom stereocenters. The predicted molar refractivity (Wildman–Crippen MR) is 109 cm³/mol. The number of carbonyl (C=O) groups is 1. The molecule has 2 N–H and O–H groups in total. The molecule has 24 heavy (non-hydrogen) atoms. The second kappa shape index (κ2) is 9.63. The zero-order chi connectivity index (χ0) is 15.5. The van der Waals surface area contributed by atoms with Crippen molar-refractivity contribution in [2.45, 2.75) is 6.54 Å². The van der Waals surface area contributed by atoms with Gasteiger partial charge in [-0.15, -0.1) is 36.2 Å². The maximum absolute atomic E-state index is 12.5. The van der Waals surface area contributed by atoms with E-state index >= 15 is 0 Å². The minimum atomic E-state index is 0. The van der Waals surface area contributed by atoms with Gasteiger partial charge in [-0.2, -0.15) is 0 Å². The summed E-state index contributed by atoms with van der Waals surface area (Å²) in [5.41, 5.74) is 7.06. The Balaban J connectivity index is 0.00000144. The lowest BCUT2D eigenvalue weighted by atomic mass is 10.1. The number of anilines is 1. The molecule has 1 aromatic heterocycles. The molecule has 0 spiro atoms. The summed E-state index contributed by atoms with van der Waals surface area (Å²) in [6, 6.07) is 11.5. The molecule has 0 radical (unpaired) electrons. The van der Waals surface area contributed by atoms with E-state index in [9.17, 15) is 4.79 Å². The zero-order valence-electron chi connectivity index (χ0n) is 13.0. The lowest BCUT2D eigenvalue weighted by molar-refractivity contribution is 0.0630. The summed E-state index contributed by atoms with van der Waals surface area (Å²) in [7, 11) is 0. The highest BCUT2D eigenvalue weighted by Gasteiger charge is 2.23. The van der Waals surface area contributed by atoms with Crippen molar-refractivity contribution in [1.82, 2.24) is 9.80 Å². The summed E-state index contributed by atoms with van der Waals surface area (Å²) in [5, 5.41) is 0. The molecule has 1 aromatic carbocycles. The van der Waals surface area contributed by atoms with Crippen LogP contribution in [0.3, 0.4) is 0 Å². The van der Waals surface area contributed by atoms with Crippen LogP contribution in [0.1, 0.15) is 15.2 Å². The highest BCUT2D eigenvalue weighted by atomic mass is 79.9. The predicted octanol–water partition coefficient (Wildman–Crippen LogP) is 3.89. The summed E-state index contributed by atoms with van der Waals surface area (Å²) in [6.45, 7) is 4.24. The van der Waals surface area contributed by atoms with Gasteiger partial charge >= 0.3 is 0 Å². The van der Waals surface area contributed by atoms with E-state index < -0.39 is 0 Å². The van der Waals surface area contributed by atoms with E-state index in [-0.39, 0.29) is 30.7 Å². The Hall–Kier alpha value is -0.790. The van der Waals surface area contributed by atoms with Gasteiger partial charge in [0.2, 0.25) is 0 Å². The summed E-state index contributed by atoms with van der Waals surface area (Å²) in [5.74, 6) is 0.0385. The average Bonchev–Trinajstić information content (AvgIpc) is 2.93. The van der Waals surface area contributed by atoms with Crippen molar-refractivity contribution < 1.29 is 4.79 Å². The number of halogens is 3. The zero-order valence-corrected chi connectivity index (χ0v) is 17.0. The molecule has 4 nitrogen and oxygen atoms in total. The number of para-hydroxylation sites is 1. The fourth-order valence-electron chi connectivity index (χ4n) is 2.63. The molecule has 0 bridgehead atoms. The Bertz CT molecular complexity index is 675. The van der Waals surface area contributed by atoms with E-state index in [4.69, 9.17) is 5.73 Å². The topological polar surface area (TPSA) is 49.6 Å². The minimum Gasteiger partial charge on any atom is -0.398 e. The van der Waals surface area contributed by atoms with Gasteiger partial charge in [0.25, 0.3) is 5.91 Å². The van der Waals surface area contributed by atoms with Gasteiger partial charge in [0.15, 0.2) is 0 Å². The number of amides is 1. The third kappa shape index (κ3) is 5.10. The Labute approximate surface area is 167 Å². The van der Waals surface area contributed by atoms with Gasteiger partial charge in [-0.3, -0.25) is 9.69 Å². The molecule has 0 saturated carbocycles. The maximum Gasteiger partial charge on any atom is 0.256 e. The number of nitrogens with zero attached hydrogens (tertiary/aromatic N) is 2. The molecule has 1 fully saturated rings. The summed E-state index contributed by atoms with van der Waals surface area (Å²) in [4.78, 5) is 18.1. The van der Waals surface area contributed by atoms with Gasteiger partial charge in [0.05, 0.1) is 9.35 Å². The molecule has 0 aliphatic carbocycles. The fourth-order valence-corrected chi connectivity index (χ4v) is 4.15. The largest absolute Gasteiger partial charge is 0.398 e. The van der Waals surface area contributed by atoms with Crippen molar-refractivity contribution in [2.75, 3.05) is 31.9 Å². The van der Waals surface area contributed by atoms with Crippen LogP contribution in [0, 0.1) is 0 Å². The van der Waals surface area contributed by atoms with Crippen molar-refractivity contribution in [2.24, 2.45) is 0 Å². The van der Waals surface area contributed by atoms with Crippen LogP contribution in [-0.4, -0.2) is 41.9 Å². The van der Waals surface area contributed by atoms with Gasteiger partial charge in [-0.05, 0) is 40.2 Å². The van der Waals surface area contributed by atoms with Crippen molar-refractivity contribution in [3.63, 3.8) is 0 Å². The minimum absolute atomic E-state index is 0. The summed E-state index contributed by atoms with van der Waals surface area (Å²) >= 11 is 5.26. The first-order valence-corrected chi connectivity index (χ1v) is 8.85. The molecule has 0 atom stereocenters. The first-order valence-electron chi connectivity index (χ1n) is 7.24. The molecule has 1 aliphatic rings. The standard InChI is InChI=1S/C16H18BrN3OS.2ClH/c17-15-6-5-12(22-15)11-19-7-9-20(10-8-19)16(21)13-3-1-2-4-14(13)18;;/h1-6H,7-11,18H2;2*1H. The van der Waals surface area contributed by atoms with Gasteiger partial charge in [-0.1, -0.05) is 12.1 Å². The smallest absolute Gasteiger partial charge is 0.256 e. The SMILES string of the molecule is Cl.Cl.Nc1ccccc1C(=O)N1CCN(Cc2ccc(Br)s2)CC1. The summed E-state index contributed by atoms with van der Waals surface area (Å²) in [6.07, 6.45) is 0. The number of benzene rings is 1. The fraction of sp³-hybridized carbons (Fsp3) is 0.312. The van der Waals surface area contributed by atoms with Crippen LogP contribution in [-0.2, 0) is 6.54 Å². The quantitative estimate of drug-likeness (QED) is 0.718.